The van der Waals surface area contributed by atoms with Gasteiger partial charge in [-0.2, -0.15) is 4.98 Å². The van der Waals surface area contributed by atoms with Gasteiger partial charge in [-0.15, -0.1) is 0 Å². The number of piperidine rings is 3. The molecule has 1 aliphatic carbocycles. The Bertz CT molecular complexity index is 776. The van der Waals surface area contributed by atoms with Gasteiger partial charge in [0.05, 0.1) is 6.04 Å². The van der Waals surface area contributed by atoms with Crippen molar-refractivity contribution in [3.05, 3.63) is 5.89 Å². The molecule has 3 aliphatic heterocycles. The number of amides is 2. The molecule has 29 heavy (non-hydrogen) atoms. The molecular weight excluding hydrogens is 370 g/mol. The van der Waals surface area contributed by atoms with Crippen LogP contribution < -0.4 is 10.2 Å². The lowest BCUT2D eigenvalue weighted by molar-refractivity contribution is -0.149. The minimum absolute atomic E-state index is 0.0578. The van der Waals surface area contributed by atoms with Crippen molar-refractivity contribution in [2.45, 2.75) is 76.3 Å². The summed E-state index contributed by atoms with van der Waals surface area (Å²) < 4.78 is 5.50. The van der Waals surface area contributed by atoms with E-state index in [1.165, 1.54) is 0 Å². The van der Waals surface area contributed by atoms with Gasteiger partial charge >= 0.3 is 0 Å². The highest BCUT2D eigenvalue weighted by atomic mass is 16.5. The fourth-order valence-corrected chi connectivity index (χ4v) is 5.59. The molecule has 8 heteroatoms. The van der Waals surface area contributed by atoms with Crippen molar-refractivity contribution in [1.82, 2.24) is 20.4 Å². The SMILES string of the molecule is CCCC(=O)NC[C@H]1[C@H]2C[C@H](CN(c3noc(C4CC4)n3)C2)[C@@H]2CCCC(=O)N21. The Morgan fingerprint density at radius 2 is 2.07 bits per heavy atom. The van der Waals surface area contributed by atoms with Crippen LogP contribution in [0.2, 0.25) is 0 Å². The first-order valence-corrected chi connectivity index (χ1v) is 11.3. The number of hydrogen-bond acceptors (Lipinski definition) is 6. The summed E-state index contributed by atoms with van der Waals surface area (Å²) in [7, 11) is 0. The number of carbonyl (C=O) groups excluding carboxylic acids is 2. The van der Waals surface area contributed by atoms with E-state index in [4.69, 9.17) is 4.52 Å². The van der Waals surface area contributed by atoms with Crippen LogP contribution in [0.4, 0.5) is 5.95 Å². The van der Waals surface area contributed by atoms with Crippen molar-refractivity contribution < 1.29 is 14.1 Å². The van der Waals surface area contributed by atoms with Crippen molar-refractivity contribution in [2.75, 3.05) is 24.5 Å². The third-order valence-electron chi connectivity index (χ3n) is 7.12. The zero-order chi connectivity index (χ0) is 20.0. The van der Waals surface area contributed by atoms with Crippen molar-refractivity contribution in [3.8, 4) is 0 Å². The van der Waals surface area contributed by atoms with Crippen LogP contribution in [0.25, 0.3) is 0 Å². The lowest BCUT2D eigenvalue weighted by Crippen LogP contribution is -2.67. The van der Waals surface area contributed by atoms with Crippen LogP contribution in [-0.4, -0.2) is 58.6 Å². The maximum absolute atomic E-state index is 12.8. The number of nitrogens with one attached hydrogen (secondary N) is 1. The normalized spacial score (nSPS) is 31.6. The Kier molecular flexibility index (Phi) is 4.95. The predicted molar refractivity (Wildman–Crippen MR) is 106 cm³/mol. The van der Waals surface area contributed by atoms with E-state index in [0.717, 1.165) is 57.5 Å². The summed E-state index contributed by atoms with van der Waals surface area (Å²) in [5, 5.41) is 7.35. The topological polar surface area (TPSA) is 91.6 Å². The Hall–Kier alpha value is -2.12. The molecule has 2 amide bonds. The second-order valence-corrected chi connectivity index (χ2v) is 9.25. The van der Waals surface area contributed by atoms with E-state index in [1.807, 2.05) is 6.92 Å². The van der Waals surface area contributed by atoms with Gasteiger partial charge in [-0.1, -0.05) is 6.92 Å². The Morgan fingerprint density at radius 1 is 1.24 bits per heavy atom. The molecule has 8 nitrogen and oxygen atoms in total. The van der Waals surface area contributed by atoms with Crippen LogP contribution in [-0.2, 0) is 9.59 Å². The summed E-state index contributed by atoms with van der Waals surface area (Å²) in [6.07, 6.45) is 7.41. The fraction of sp³-hybridized carbons (Fsp3) is 0.810. The highest BCUT2D eigenvalue weighted by Gasteiger charge is 2.50. The van der Waals surface area contributed by atoms with Crippen LogP contribution in [0.15, 0.2) is 4.52 Å². The van der Waals surface area contributed by atoms with Crippen molar-refractivity contribution >= 4 is 17.8 Å². The molecule has 0 unspecified atom stereocenters. The molecule has 0 radical (unpaired) electrons. The monoisotopic (exact) mass is 401 g/mol. The zero-order valence-corrected chi connectivity index (χ0v) is 17.2. The average Bonchev–Trinajstić information content (AvgIpc) is 3.45. The van der Waals surface area contributed by atoms with Gasteiger partial charge in [-0.3, -0.25) is 9.59 Å². The van der Waals surface area contributed by atoms with Gasteiger partial charge in [-0.05, 0) is 55.5 Å². The molecule has 4 aliphatic rings. The maximum atomic E-state index is 12.8. The highest BCUT2D eigenvalue weighted by molar-refractivity contribution is 5.78. The average molecular weight is 402 g/mol. The molecule has 3 saturated heterocycles. The standard InChI is InChI=1S/C21H31N5O3/c1-2-4-18(27)22-10-17-15-9-14(16-5-3-6-19(28)26(16)17)11-25(12-15)21-23-20(29-24-21)13-7-8-13/h13-17H,2-12H2,1H3,(H,22,27)/t14-,15+,16+,17+/m1/s1. The second-order valence-electron chi connectivity index (χ2n) is 9.25. The molecular formula is C21H31N5O3. The third kappa shape index (κ3) is 3.62. The third-order valence-corrected chi connectivity index (χ3v) is 7.12. The first-order valence-electron chi connectivity index (χ1n) is 11.3. The molecule has 2 bridgehead atoms. The first-order chi connectivity index (χ1) is 14.1. The summed E-state index contributed by atoms with van der Waals surface area (Å²) >= 11 is 0. The van der Waals surface area contributed by atoms with Crippen molar-refractivity contribution in [2.24, 2.45) is 11.8 Å². The predicted octanol–water partition coefficient (Wildman–Crippen LogP) is 2.07. The molecule has 1 N–H and O–H groups in total. The number of anilines is 1. The van der Waals surface area contributed by atoms with Crippen molar-refractivity contribution in [1.29, 1.82) is 0 Å². The first kappa shape index (κ1) is 18.9. The van der Waals surface area contributed by atoms with Crippen LogP contribution in [0, 0.1) is 11.8 Å². The summed E-state index contributed by atoms with van der Waals surface area (Å²) in [5.41, 5.74) is 0. The van der Waals surface area contributed by atoms with E-state index in [-0.39, 0.29) is 23.9 Å². The van der Waals surface area contributed by atoms with Gasteiger partial charge < -0.3 is 19.6 Å². The number of hydrogen-bond donors (Lipinski definition) is 1. The molecule has 0 aromatic carbocycles. The lowest BCUT2D eigenvalue weighted by Gasteiger charge is -2.56. The van der Waals surface area contributed by atoms with E-state index in [9.17, 15) is 9.59 Å². The van der Waals surface area contributed by atoms with E-state index in [2.05, 4.69) is 25.3 Å². The lowest BCUT2D eigenvalue weighted by atomic mass is 9.72. The largest absolute Gasteiger partial charge is 0.354 e. The van der Waals surface area contributed by atoms with E-state index in [0.29, 0.717) is 43.1 Å². The van der Waals surface area contributed by atoms with E-state index >= 15 is 0 Å². The summed E-state index contributed by atoms with van der Waals surface area (Å²) in [5.74, 6) is 3.01. The number of nitrogens with zero attached hydrogens (tertiary/aromatic N) is 4. The molecule has 1 saturated carbocycles. The van der Waals surface area contributed by atoms with Gasteiger partial charge in [0.1, 0.15) is 0 Å². The van der Waals surface area contributed by atoms with Crippen LogP contribution in [0.3, 0.4) is 0 Å². The Labute approximate surface area is 171 Å². The van der Waals surface area contributed by atoms with E-state index < -0.39 is 0 Å². The summed E-state index contributed by atoms with van der Waals surface area (Å²) in [4.78, 5) is 34.0. The van der Waals surface area contributed by atoms with Gasteiger partial charge in [0.15, 0.2) is 0 Å². The van der Waals surface area contributed by atoms with E-state index in [1.54, 1.807) is 0 Å². The second kappa shape index (κ2) is 7.61. The Balaban J connectivity index is 1.36. The number of fused-ring (bicyclic) bond motifs is 4. The maximum Gasteiger partial charge on any atom is 0.266 e. The smallest absolute Gasteiger partial charge is 0.266 e. The van der Waals surface area contributed by atoms with Crippen LogP contribution >= 0.6 is 0 Å². The van der Waals surface area contributed by atoms with Gasteiger partial charge in [0.25, 0.3) is 5.95 Å². The quantitative estimate of drug-likeness (QED) is 0.785. The molecule has 4 heterocycles. The minimum atomic E-state index is 0.0578. The Morgan fingerprint density at radius 3 is 2.86 bits per heavy atom. The molecule has 4 atom stereocenters. The summed E-state index contributed by atoms with van der Waals surface area (Å²) in [6, 6.07) is 0.320. The number of carbonyl (C=O) groups is 2. The highest BCUT2D eigenvalue weighted by Crippen LogP contribution is 2.43. The van der Waals surface area contributed by atoms with Gasteiger partial charge in [0, 0.05) is 44.4 Å². The summed E-state index contributed by atoms with van der Waals surface area (Å²) in [6.45, 7) is 4.25. The number of rotatable bonds is 6. The molecule has 158 valence electrons. The molecule has 0 spiro atoms. The van der Waals surface area contributed by atoms with Gasteiger partial charge in [0.2, 0.25) is 17.7 Å². The molecule has 1 aromatic heterocycles. The zero-order valence-electron chi connectivity index (χ0n) is 17.2. The minimum Gasteiger partial charge on any atom is -0.354 e. The molecule has 4 fully saturated rings. The number of aromatic nitrogens is 2. The molecule has 1 aromatic rings. The molecule has 5 rings (SSSR count). The van der Waals surface area contributed by atoms with Crippen LogP contribution in [0.5, 0.6) is 0 Å². The van der Waals surface area contributed by atoms with Crippen LogP contribution in [0.1, 0.15) is 70.1 Å². The fourth-order valence-electron chi connectivity index (χ4n) is 5.59. The van der Waals surface area contributed by atoms with Crippen molar-refractivity contribution in [3.63, 3.8) is 0 Å². The van der Waals surface area contributed by atoms with Gasteiger partial charge in [-0.25, -0.2) is 0 Å².